The van der Waals surface area contributed by atoms with Gasteiger partial charge in [0, 0.05) is 18.4 Å². The van der Waals surface area contributed by atoms with Crippen LogP contribution in [-0.2, 0) is 4.79 Å². The predicted molar refractivity (Wildman–Crippen MR) is 58.8 cm³/mol. The molecule has 4 heteroatoms. The number of carboxylic acids is 1. The van der Waals surface area contributed by atoms with E-state index in [0.717, 1.165) is 6.92 Å². The summed E-state index contributed by atoms with van der Waals surface area (Å²) in [6, 6.07) is 0. The highest BCUT2D eigenvalue weighted by Gasteiger charge is 1.83. The van der Waals surface area contributed by atoms with Crippen molar-refractivity contribution in [2.24, 2.45) is 0 Å². The Morgan fingerprint density at radius 1 is 1.17 bits per heavy atom. The highest BCUT2D eigenvalue weighted by Crippen LogP contribution is 2.21. The monoisotopic (exact) mass is 210 g/mol. The van der Waals surface area contributed by atoms with Gasteiger partial charge < -0.3 is 5.11 Å². The van der Waals surface area contributed by atoms with E-state index < -0.39 is 5.97 Å². The average molecular weight is 210 g/mol. The van der Waals surface area contributed by atoms with Crippen molar-refractivity contribution < 1.29 is 9.90 Å². The highest BCUT2D eigenvalue weighted by molar-refractivity contribution is 8.76. The standard InChI is InChI=1S/C6H14S2.C2H4O2/c1-3-5-7-8-6-4-2;1-2(3)4/h3-6H2,1-2H3;1H3,(H,3,4). The van der Waals surface area contributed by atoms with Gasteiger partial charge in [0.2, 0.25) is 0 Å². The van der Waals surface area contributed by atoms with Crippen molar-refractivity contribution in [2.75, 3.05) is 11.5 Å². The Bertz CT molecular complexity index is 87.1. The van der Waals surface area contributed by atoms with Crippen LogP contribution in [0.2, 0.25) is 0 Å². The number of hydrogen-bond donors (Lipinski definition) is 1. The maximum absolute atomic E-state index is 9.00. The third-order valence-electron chi connectivity index (χ3n) is 0.658. The van der Waals surface area contributed by atoms with Crippen molar-refractivity contribution in [3.05, 3.63) is 0 Å². The minimum Gasteiger partial charge on any atom is -0.481 e. The van der Waals surface area contributed by atoms with Gasteiger partial charge in [-0.3, -0.25) is 4.79 Å². The van der Waals surface area contributed by atoms with E-state index in [1.165, 1.54) is 24.3 Å². The van der Waals surface area contributed by atoms with Crippen LogP contribution < -0.4 is 0 Å². The Hall–Kier alpha value is 0.170. The molecule has 0 fully saturated rings. The van der Waals surface area contributed by atoms with Gasteiger partial charge in [-0.15, -0.1) is 0 Å². The van der Waals surface area contributed by atoms with Crippen molar-refractivity contribution in [1.29, 1.82) is 0 Å². The maximum Gasteiger partial charge on any atom is 0.300 e. The van der Waals surface area contributed by atoms with Gasteiger partial charge in [0.25, 0.3) is 5.97 Å². The first-order valence-electron chi connectivity index (χ1n) is 4.09. The van der Waals surface area contributed by atoms with E-state index in [9.17, 15) is 0 Å². The van der Waals surface area contributed by atoms with Gasteiger partial charge in [-0.2, -0.15) is 0 Å². The summed E-state index contributed by atoms with van der Waals surface area (Å²) < 4.78 is 0. The molecule has 0 spiro atoms. The summed E-state index contributed by atoms with van der Waals surface area (Å²) in [5, 5.41) is 7.42. The molecule has 0 unspecified atom stereocenters. The lowest BCUT2D eigenvalue weighted by atomic mass is 10.6. The van der Waals surface area contributed by atoms with Gasteiger partial charge in [-0.1, -0.05) is 35.4 Å². The molecule has 2 nitrogen and oxygen atoms in total. The van der Waals surface area contributed by atoms with E-state index >= 15 is 0 Å². The summed E-state index contributed by atoms with van der Waals surface area (Å²) in [4.78, 5) is 9.00. The van der Waals surface area contributed by atoms with E-state index in [2.05, 4.69) is 13.8 Å². The third-order valence-corrected chi connectivity index (χ3v) is 3.47. The zero-order chi connectivity index (χ0) is 9.82. The lowest BCUT2D eigenvalue weighted by Crippen LogP contribution is -1.78. The summed E-state index contributed by atoms with van der Waals surface area (Å²) in [6.07, 6.45) is 2.61. The van der Waals surface area contributed by atoms with Gasteiger partial charge in [0.05, 0.1) is 0 Å². The molecule has 0 aliphatic rings. The van der Waals surface area contributed by atoms with Gasteiger partial charge in [-0.25, -0.2) is 0 Å². The van der Waals surface area contributed by atoms with Crippen molar-refractivity contribution >= 4 is 27.6 Å². The van der Waals surface area contributed by atoms with Crippen LogP contribution in [0, 0.1) is 0 Å². The van der Waals surface area contributed by atoms with E-state index in [1.54, 1.807) is 0 Å². The molecule has 0 rings (SSSR count). The Labute approximate surface area is 82.9 Å². The fourth-order valence-electron chi connectivity index (χ4n) is 0.285. The molecule has 0 heterocycles. The molecule has 0 aliphatic heterocycles. The van der Waals surface area contributed by atoms with Crippen LogP contribution in [0.25, 0.3) is 0 Å². The first kappa shape index (κ1) is 14.7. The summed E-state index contributed by atoms with van der Waals surface area (Å²) in [5.41, 5.74) is 0. The van der Waals surface area contributed by atoms with E-state index in [0.29, 0.717) is 0 Å². The van der Waals surface area contributed by atoms with Gasteiger partial charge >= 0.3 is 0 Å². The topological polar surface area (TPSA) is 37.3 Å². The van der Waals surface area contributed by atoms with Gasteiger partial charge in [0.15, 0.2) is 0 Å². The van der Waals surface area contributed by atoms with Crippen molar-refractivity contribution in [1.82, 2.24) is 0 Å². The molecule has 0 bridgehead atoms. The molecule has 0 radical (unpaired) electrons. The van der Waals surface area contributed by atoms with Gasteiger partial charge in [0.1, 0.15) is 0 Å². The zero-order valence-electron chi connectivity index (χ0n) is 8.00. The third kappa shape index (κ3) is 32.0. The Balaban J connectivity index is 0. The Morgan fingerprint density at radius 2 is 1.42 bits per heavy atom. The zero-order valence-corrected chi connectivity index (χ0v) is 9.63. The van der Waals surface area contributed by atoms with E-state index in [1.807, 2.05) is 21.6 Å². The number of hydrogen-bond acceptors (Lipinski definition) is 3. The molecule has 12 heavy (non-hydrogen) atoms. The lowest BCUT2D eigenvalue weighted by Gasteiger charge is -1.93. The summed E-state index contributed by atoms with van der Waals surface area (Å²) >= 11 is 0. The van der Waals surface area contributed by atoms with Gasteiger partial charge in [-0.05, 0) is 12.8 Å². The summed E-state index contributed by atoms with van der Waals surface area (Å²) in [5.74, 6) is 1.79. The number of carbonyl (C=O) groups is 1. The predicted octanol–water partition coefficient (Wildman–Crippen LogP) is 3.28. The van der Waals surface area contributed by atoms with E-state index in [-0.39, 0.29) is 0 Å². The van der Waals surface area contributed by atoms with Crippen LogP contribution in [0.1, 0.15) is 33.6 Å². The smallest absolute Gasteiger partial charge is 0.300 e. The average Bonchev–Trinajstić information content (AvgIpc) is 1.97. The first-order chi connectivity index (χ1) is 5.65. The summed E-state index contributed by atoms with van der Waals surface area (Å²) in [7, 11) is 3.99. The quantitative estimate of drug-likeness (QED) is 0.558. The molecular formula is C8H18O2S2. The van der Waals surface area contributed by atoms with Crippen molar-refractivity contribution in [3.63, 3.8) is 0 Å². The Morgan fingerprint density at radius 3 is 1.58 bits per heavy atom. The molecule has 0 aromatic heterocycles. The molecule has 0 saturated carbocycles. The SMILES string of the molecule is CC(=O)O.CCCSSCCC. The molecule has 0 saturated heterocycles. The first-order valence-corrected chi connectivity index (χ1v) is 6.57. The second kappa shape index (κ2) is 13.7. The maximum atomic E-state index is 9.00. The number of carboxylic acid groups (broad SMARTS) is 1. The molecular weight excluding hydrogens is 192 g/mol. The lowest BCUT2D eigenvalue weighted by molar-refractivity contribution is -0.134. The highest BCUT2D eigenvalue weighted by atomic mass is 33.1. The van der Waals surface area contributed by atoms with Crippen molar-refractivity contribution in [3.8, 4) is 0 Å². The van der Waals surface area contributed by atoms with Crippen LogP contribution in [0.15, 0.2) is 0 Å². The minimum atomic E-state index is -0.833. The second-order valence-electron chi connectivity index (χ2n) is 2.16. The minimum absolute atomic E-state index is 0.833. The second-order valence-corrected chi connectivity index (χ2v) is 4.87. The van der Waals surface area contributed by atoms with Crippen LogP contribution in [0.3, 0.4) is 0 Å². The molecule has 0 aromatic rings. The fourth-order valence-corrected chi connectivity index (χ4v) is 2.56. The fraction of sp³-hybridized carbons (Fsp3) is 0.875. The molecule has 0 atom stereocenters. The molecule has 0 aromatic carbocycles. The Kier molecular flexibility index (Phi) is 16.8. The molecule has 0 aliphatic carbocycles. The van der Waals surface area contributed by atoms with Crippen LogP contribution in [0.5, 0.6) is 0 Å². The van der Waals surface area contributed by atoms with Crippen LogP contribution in [0.4, 0.5) is 0 Å². The van der Waals surface area contributed by atoms with Crippen LogP contribution in [-0.4, -0.2) is 22.6 Å². The largest absolute Gasteiger partial charge is 0.481 e. The molecule has 1 N–H and O–H groups in total. The number of aliphatic carboxylic acids is 1. The summed E-state index contributed by atoms with van der Waals surface area (Å²) in [6.45, 7) is 5.53. The van der Waals surface area contributed by atoms with E-state index in [4.69, 9.17) is 9.90 Å². The molecule has 0 amide bonds. The number of rotatable bonds is 5. The van der Waals surface area contributed by atoms with Crippen LogP contribution >= 0.6 is 21.6 Å². The normalized spacial score (nSPS) is 8.58. The molecule has 74 valence electrons. The van der Waals surface area contributed by atoms with Crippen molar-refractivity contribution in [2.45, 2.75) is 33.6 Å².